The van der Waals surface area contributed by atoms with Crippen LogP contribution in [0.5, 0.6) is 0 Å². The molecule has 0 saturated carbocycles. The number of allylic oxidation sites excluding steroid dienone is 2. The molecule has 4 heteroatoms. The Balaban J connectivity index is 2.67. The average Bonchev–Trinajstić information content (AvgIpc) is 2.96. The zero-order chi connectivity index (χ0) is 28.7. The summed E-state index contributed by atoms with van der Waals surface area (Å²) < 4.78 is 6.11. The van der Waals surface area contributed by atoms with Crippen molar-refractivity contribution in [2.75, 3.05) is 0 Å². The van der Waals surface area contributed by atoms with Crippen LogP contribution >= 0.6 is 0 Å². The van der Waals surface area contributed by atoms with E-state index in [0.717, 1.165) is 17.7 Å². The van der Waals surface area contributed by atoms with Gasteiger partial charge in [-0.1, -0.05) is 0 Å². The van der Waals surface area contributed by atoms with Crippen LogP contribution in [-0.4, -0.2) is 30.1 Å². The number of unbranched alkanes of at least 4 members (excludes halogenated alkanes) is 3. The van der Waals surface area contributed by atoms with Gasteiger partial charge in [-0.05, 0) is 0 Å². The summed E-state index contributed by atoms with van der Waals surface area (Å²) in [7, 11) is 0. The van der Waals surface area contributed by atoms with Crippen molar-refractivity contribution in [2.24, 2.45) is 16.5 Å². The Labute approximate surface area is 243 Å². The van der Waals surface area contributed by atoms with Crippen molar-refractivity contribution in [3.8, 4) is 0 Å². The molecule has 0 spiro atoms. The topological polar surface area (TPSA) is 38.7 Å². The molecule has 2 aromatic rings. The summed E-state index contributed by atoms with van der Waals surface area (Å²) in [5.74, 6) is 0.142. The van der Waals surface area contributed by atoms with Crippen LogP contribution < -0.4 is 0 Å². The number of carbonyl (C=O) groups excluding carboxylic acids is 1. The van der Waals surface area contributed by atoms with Crippen LogP contribution in [0.4, 0.5) is 0 Å². The van der Waals surface area contributed by atoms with Gasteiger partial charge in [0.15, 0.2) is 0 Å². The molecule has 0 aliphatic carbocycles. The van der Waals surface area contributed by atoms with E-state index in [1.807, 2.05) is 36.4 Å². The van der Waals surface area contributed by atoms with E-state index in [1.165, 1.54) is 51.8 Å². The molecule has 0 N–H and O–H groups in total. The van der Waals surface area contributed by atoms with Crippen LogP contribution in [0, 0.1) is 11.3 Å². The van der Waals surface area contributed by atoms with Crippen molar-refractivity contribution in [3.63, 3.8) is 0 Å². The van der Waals surface area contributed by atoms with E-state index in [1.54, 1.807) is 15.7 Å². The second-order valence-electron chi connectivity index (χ2n) is 11.8. The molecule has 0 heterocycles. The van der Waals surface area contributed by atoms with Crippen molar-refractivity contribution >= 4 is 30.1 Å². The number of oxime groups is 1. The van der Waals surface area contributed by atoms with Crippen LogP contribution in [0.3, 0.4) is 0 Å². The van der Waals surface area contributed by atoms with E-state index in [-0.39, 0.29) is 5.41 Å². The molecule has 0 aliphatic heterocycles. The molecule has 214 valence electrons. The summed E-state index contributed by atoms with van der Waals surface area (Å²) in [6.45, 7) is 16.3. The molecule has 1 unspecified atom stereocenters. The third-order valence-corrected chi connectivity index (χ3v) is 24.7. The van der Waals surface area contributed by atoms with Gasteiger partial charge in [0.25, 0.3) is 0 Å². The van der Waals surface area contributed by atoms with Crippen molar-refractivity contribution in [1.82, 2.24) is 0 Å². The van der Waals surface area contributed by atoms with Gasteiger partial charge >= 0.3 is 244 Å². The van der Waals surface area contributed by atoms with E-state index in [9.17, 15) is 4.79 Å². The Hall–Kier alpha value is -1.88. The van der Waals surface area contributed by atoms with Gasteiger partial charge in [0, 0.05) is 0 Å². The fourth-order valence-corrected chi connectivity index (χ4v) is 24.6. The second-order valence-corrected chi connectivity index (χ2v) is 25.0. The molecule has 0 fully saturated rings. The summed E-state index contributed by atoms with van der Waals surface area (Å²) in [6.07, 6.45) is 11.6. The van der Waals surface area contributed by atoms with E-state index >= 15 is 0 Å². The molecule has 0 bridgehead atoms. The molecule has 3 nitrogen and oxygen atoms in total. The van der Waals surface area contributed by atoms with Gasteiger partial charge < -0.3 is 0 Å². The van der Waals surface area contributed by atoms with Crippen molar-refractivity contribution in [2.45, 2.75) is 107 Å². The van der Waals surface area contributed by atoms with E-state index in [0.29, 0.717) is 11.5 Å². The number of hydrogen-bond donors (Lipinski definition) is 0. The maximum absolute atomic E-state index is 12.9. The fourth-order valence-electron chi connectivity index (χ4n) is 5.70. The Morgan fingerprint density at radius 2 is 1.28 bits per heavy atom. The number of hydrogen-bond acceptors (Lipinski definition) is 3. The van der Waals surface area contributed by atoms with Crippen LogP contribution in [0.2, 0.25) is 13.3 Å². The van der Waals surface area contributed by atoms with Crippen molar-refractivity contribution in [1.29, 1.82) is 0 Å². The maximum atomic E-state index is 12.9. The van der Waals surface area contributed by atoms with Gasteiger partial charge in [0.1, 0.15) is 0 Å². The zero-order valence-corrected chi connectivity index (χ0v) is 28.6. The zero-order valence-electron chi connectivity index (χ0n) is 25.8. The Morgan fingerprint density at radius 3 is 1.72 bits per heavy atom. The SMILES string of the molecule is CCC[CH2][Sn]([CH2]CCC)([CH2]CCC)/[C](=C/C(C)(C)/C(=N/OC(=O)c1ccccc1)c1ccccc1)C(C)CC. The van der Waals surface area contributed by atoms with E-state index in [4.69, 9.17) is 4.84 Å². The summed E-state index contributed by atoms with van der Waals surface area (Å²) in [5.41, 5.74) is 1.94. The molecular weight excluding hydrogens is 585 g/mol. The molecule has 0 amide bonds. The number of rotatable bonds is 17. The molecule has 2 aromatic carbocycles. The van der Waals surface area contributed by atoms with Crippen LogP contribution in [0.25, 0.3) is 0 Å². The van der Waals surface area contributed by atoms with Gasteiger partial charge in [-0.2, -0.15) is 0 Å². The molecule has 0 aliphatic rings. The number of benzene rings is 2. The molecule has 1 atom stereocenters. The number of nitrogens with zero attached hydrogens (tertiary/aromatic N) is 1. The first kappa shape index (κ1) is 33.3. The predicted octanol–water partition coefficient (Wildman–Crippen LogP) is 10.6. The van der Waals surface area contributed by atoms with E-state index in [2.05, 4.69) is 71.8 Å². The molecule has 39 heavy (non-hydrogen) atoms. The monoisotopic (exact) mass is 639 g/mol. The molecular formula is C35H53NO2Sn. The first-order valence-corrected chi connectivity index (χ1v) is 22.9. The van der Waals surface area contributed by atoms with Gasteiger partial charge in [-0.25, -0.2) is 0 Å². The van der Waals surface area contributed by atoms with Crippen molar-refractivity contribution in [3.05, 3.63) is 81.5 Å². The number of carbonyl (C=O) groups is 1. The summed E-state index contributed by atoms with van der Waals surface area (Å²) in [4.78, 5) is 18.5. The molecule has 2 rings (SSSR count). The second kappa shape index (κ2) is 17.0. The van der Waals surface area contributed by atoms with Gasteiger partial charge in [0.05, 0.1) is 0 Å². The van der Waals surface area contributed by atoms with E-state index < -0.39 is 24.3 Å². The normalized spacial score (nSPS) is 13.8. The quantitative estimate of drug-likeness (QED) is 0.0749. The Kier molecular flexibility index (Phi) is 14.6. The first-order valence-electron chi connectivity index (χ1n) is 15.4. The summed E-state index contributed by atoms with van der Waals surface area (Å²) >= 11 is -2.71. The minimum absolute atomic E-state index is 0.385. The fraction of sp³-hybridized carbons (Fsp3) is 0.543. The molecule has 0 saturated heterocycles. The Morgan fingerprint density at radius 1 is 0.821 bits per heavy atom. The van der Waals surface area contributed by atoms with Gasteiger partial charge in [-0.15, -0.1) is 0 Å². The predicted molar refractivity (Wildman–Crippen MR) is 171 cm³/mol. The third-order valence-electron chi connectivity index (χ3n) is 8.19. The summed E-state index contributed by atoms with van der Waals surface area (Å²) in [5, 5.41) is 4.59. The first-order chi connectivity index (χ1) is 18.7. The minimum atomic E-state index is -2.71. The van der Waals surface area contributed by atoms with Gasteiger partial charge in [-0.3, -0.25) is 0 Å². The standard InChI is InChI=1S/C23H26NO2.3C4H9.Sn/c1-5-18(2)16-17-23(3,4)21(19-12-8-6-9-13-19)24-26-22(25)20-14-10-7-11-15-20;3*1-3-4-2;/h6-15,17-18H,5H2,1-4H3;3*1,3-4H2,2H3;/b17-16?,24-21+;;;;. The Bertz CT molecular complexity index is 1020. The summed E-state index contributed by atoms with van der Waals surface area (Å²) in [6, 6.07) is 19.4. The molecule has 0 aromatic heterocycles. The van der Waals surface area contributed by atoms with Gasteiger partial charge in [0.2, 0.25) is 0 Å². The average molecular weight is 639 g/mol. The van der Waals surface area contributed by atoms with Crippen molar-refractivity contribution < 1.29 is 9.63 Å². The van der Waals surface area contributed by atoms with Crippen LogP contribution in [0.15, 0.2) is 75.5 Å². The molecule has 0 radical (unpaired) electrons. The van der Waals surface area contributed by atoms with Crippen LogP contribution in [0.1, 0.15) is 109 Å². The van der Waals surface area contributed by atoms with Crippen LogP contribution in [-0.2, 0) is 4.84 Å². The third kappa shape index (κ3) is 9.92.